The lowest BCUT2D eigenvalue weighted by Gasteiger charge is -2.30. The van der Waals surface area contributed by atoms with Gasteiger partial charge in [0.15, 0.2) is 0 Å². The summed E-state index contributed by atoms with van der Waals surface area (Å²) in [5.74, 6) is -0.127. The second-order valence-electron chi connectivity index (χ2n) is 5.06. The number of carbonyl (C=O) groups is 1. The molecule has 1 aromatic rings. The summed E-state index contributed by atoms with van der Waals surface area (Å²) < 4.78 is 0.593. The standard InChI is InChI=1S/C14H18BrNO3/c15-11-8-10(4-5-12(11)17)9-16-13(18)14(19)6-2-1-3-7-14/h4-5,8,17,19H,1-3,6-7,9H2,(H,16,18). The molecular weight excluding hydrogens is 310 g/mol. The number of amides is 1. The average Bonchev–Trinajstić information content (AvgIpc) is 2.40. The molecule has 19 heavy (non-hydrogen) atoms. The summed E-state index contributed by atoms with van der Waals surface area (Å²) in [5, 5.41) is 22.4. The molecule has 1 aliphatic carbocycles. The molecular formula is C14H18BrNO3. The molecule has 1 fully saturated rings. The van der Waals surface area contributed by atoms with Gasteiger partial charge in [-0.1, -0.05) is 25.3 Å². The van der Waals surface area contributed by atoms with E-state index < -0.39 is 5.60 Å². The van der Waals surface area contributed by atoms with Crippen molar-refractivity contribution in [2.75, 3.05) is 0 Å². The number of rotatable bonds is 3. The highest BCUT2D eigenvalue weighted by Gasteiger charge is 2.36. The van der Waals surface area contributed by atoms with Crippen LogP contribution >= 0.6 is 15.9 Å². The van der Waals surface area contributed by atoms with E-state index in [0.29, 0.717) is 23.9 Å². The van der Waals surface area contributed by atoms with Crippen molar-refractivity contribution in [1.29, 1.82) is 0 Å². The number of halogens is 1. The van der Waals surface area contributed by atoms with Crippen molar-refractivity contribution in [3.63, 3.8) is 0 Å². The Hall–Kier alpha value is -1.07. The molecule has 0 radical (unpaired) electrons. The largest absolute Gasteiger partial charge is 0.507 e. The van der Waals surface area contributed by atoms with Gasteiger partial charge in [0, 0.05) is 6.54 Å². The molecule has 0 heterocycles. The Morgan fingerprint density at radius 2 is 2.00 bits per heavy atom. The number of carbonyl (C=O) groups excluding carboxylic acids is 1. The molecule has 3 N–H and O–H groups in total. The van der Waals surface area contributed by atoms with Crippen LogP contribution in [0, 0.1) is 0 Å². The Kier molecular flexibility index (Phi) is 4.47. The summed E-state index contributed by atoms with van der Waals surface area (Å²) in [7, 11) is 0. The van der Waals surface area contributed by atoms with Crippen molar-refractivity contribution in [3.05, 3.63) is 28.2 Å². The summed E-state index contributed by atoms with van der Waals surface area (Å²) in [5.41, 5.74) is -0.329. The molecule has 1 aliphatic rings. The highest BCUT2D eigenvalue weighted by atomic mass is 79.9. The van der Waals surface area contributed by atoms with Crippen LogP contribution in [-0.4, -0.2) is 21.7 Å². The third-order valence-electron chi connectivity index (χ3n) is 3.57. The van der Waals surface area contributed by atoms with Crippen LogP contribution in [-0.2, 0) is 11.3 Å². The first-order valence-electron chi connectivity index (χ1n) is 6.49. The third-order valence-corrected chi connectivity index (χ3v) is 4.20. The van der Waals surface area contributed by atoms with E-state index >= 15 is 0 Å². The predicted molar refractivity (Wildman–Crippen MR) is 75.7 cm³/mol. The number of nitrogens with one attached hydrogen (secondary N) is 1. The van der Waals surface area contributed by atoms with E-state index in [-0.39, 0.29) is 11.7 Å². The Balaban J connectivity index is 1.94. The zero-order valence-electron chi connectivity index (χ0n) is 10.7. The third kappa shape index (κ3) is 3.48. The fraction of sp³-hybridized carbons (Fsp3) is 0.500. The molecule has 2 rings (SSSR count). The first kappa shape index (κ1) is 14.3. The van der Waals surface area contributed by atoms with Gasteiger partial charge in [0.2, 0.25) is 0 Å². The number of aliphatic hydroxyl groups is 1. The first-order valence-corrected chi connectivity index (χ1v) is 7.29. The average molecular weight is 328 g/mol. The normalized spacial score (nSPS) is 18.0. The summed E-state index contributed by atoms with van der Waals surface area (Å²) in [6.45, 7) is 0.347. The summed E-state index contributed by atoms with van der Waals surface area (Å²) in [4.78, 5) is 12.0. The van der Waals surface area contributed by atoms with E-state index in [1.165, 1.54) is 0 Å². The van der Waals surface area contributed by atoms with Crippen LogP contribution in [0.5, 0.6) is 5.75 Å². The lowest BCUT2D eigenvalue weighted by atomic mass is 9.84. The monoisotopic (exact) mass is 327 g/mol. The summed E-state index contributed by atoms with van der Waals surface area (Å²) >= 11 is 3.23. The van der Waals surface area contributed by atoms with Gasteiger partial charge in [0.1, 0.15) is 11.4 Å². The fourth-order valence-electron chi connectivity index (χ4n) is 2.37. The Morgan fingerprint density at radius 1 is 1.32 bits per heavy atom. The summed E-state index contributed by atoms with van der Waals surface area (Å²) in [6.07, 6.45) is 3.96. The van der Waals surface area contributed by atoms with Crippen LogP contribution in [0.2, 0.25) is 0 Å². The van der Waals surface area contributed by atoms with E-state index in [1.807, 2.05) is 0 Å². The highest BCUT2D eigenvalue weighted by molar-refractivity contribution is 9.10. The van der Waals surface area contributed by atoms with E-state index in [0.717, 1.165) is 24.8 Å². The number of phenolic OH excluding ortho intramolecular Hbond substituents is 1. The molecule has 1 aromatic carbocycles. The lowest BCUT2D eigenvalue weighted by Crippen LogP contribution is -2.47. The predicted octanol–water partition coefficient (Wildman–Crippen LogP) is 2.47. The molecule has 0 atom stereocenters. The number of aromatic hydroxyl groups is 1. The minimum absolute atomic E-state index is 0.168. The maximum absolute atomic E-state index is 12.0. The minimum Gasteiger partial charge on any atom is -0.507 e. The lowest BCUT2D eigenvalue weighted by molar-refractivity contribution is -0.143. The number of hydrogen-bond donors (Lipinski definition) is 3. The van der Waals surface area contributed by atoms with Crippen molar-refractivity contribution < 1.29 is 15.0 Å². The molecule has 1 amide bonds. The second kappa shape index (κ2) is 5.92. The minimum atomic E-state index is -1.20. The van der Waals surface area contributed by atoms with Crippen LogP contribution in [0.3, 0.4) is 0 Å². The zero-order valence-corrected chi connectivity index (χ0v) is 12.2. The van der Waals surface area contributed by atoms with Crippen LogP contribution in [0.4, 0.5) is 0 Å². The topological polar surface area (TPSA) is 69.6 Å². The van der Waals surface area contributed by atoms with Crippen LogP contribution in [0.25, 0.3) is 0 Å². The van der Waals surface area contributed by atoms with Crippen LogP contribution in [0.1, 0.15) is 37.7 Å². The van der Waals surface area contributed by atoms with Gasteiger partial charge >= 0.3 is 0 Å². The van der Waals surface area contributed by atoms with Crippen molar-refractivity contribution in [3.8, 4) is 5.75 Å². The van der Waals surface area contributed by atoms with E-state index in [9.17, 15) is 15.0 Å². The van der Waals surface area contributed by atoms with Gasteiger partial charge in [-0.2, -0.15) is 0 Å². The Labute approximate surface area is 121 Å². The molecule has 0 spiro atoms. The van der Waals surface area contributed by atoms with Crippen molar-refractivity contribution in [2.45, 2.75) is 44.2 Å². The highest BCUT2D eigenvalue weighted by Crippen LogP contribution is 2.28. The first-order chi connectivity index (χ1) is 9.01. The van der Waals surface area contributed by atoms with Crippen LogP contribution in [0.15, 0.2) is 22.7 Å². The molecule has 4 nitrogen and oxygen atoms in total. The van der Waals surface area contributed by atoms with Crippen molar-refractivity contribution in [1.82, 2.24) is 5.32 Å². The second-order valence-corrected chi connectivity index (χ2v) is 5.92. The van der Waals surface area contributed by atoms with Crippen molar-refractivity contribution in [2.24, 2.45) is 0 Å². The Morgan fingerprint density at radius 3 is 2.63 bits per heavy atom. The van der Waals surface area contributed by atoms with Crippen molar-refractivity contribution >= 4 is 21.8 Å². The van der Waals surface area contributed by atoms with Gasteiger partial charge in [-0.05, 0) is 46.5 Å². The number of hydrogen-bond acceptors (Lipinski definition) is 3. The van der Waals surface area contributed by atoms with Gasteiger partial charge in [0.25, 0.3) is 5.91 Å². The quantitative estimate of drug-likeness (QED) is 0.798. The molecule has 0 saturated heterocycles. The molecule has 0 unspecified atom stereocenters. The van der Waals surface area contributed by atoms with E-state index in [4.69, 9.17) is 0 Å². The summed E-state index contributed by atoms with van der Waals surface area (Å²) in [6, 6.07) is 5.06. The molecule has 104 valence electrons. The van der Waals surface area contributed by atoms with E-state index in [1.54, 1.807) is 18.2 Å². The molecule has 0 aromatic heterocycles. The molecule has 5 heteroatoms. The van der Waals surface area contributed by atoms with Gasteiger partial charge in [-0.25, -0.2) is 0 Å². The zero-order chi connectivity index (χ0) is 13.9. The maximum atomic E-state index is 12.0. The maximum Gasteiger partial charge on any atom is 0.252 e. The van der Waals surface area contributed by atoms with Gasteiger partial charge < -0.3 is 15.5 Å². The number of phenols is 1. The number of benzene rings is 1. The molecule has 1 saturated carbocycles. The van der Waals surface area contributed by atoms with Crippen LogP contribution < -0.4 is 5.32 Å². The van der Waals surface area contributed by atoms with Gasteiger partial charge in [-0.15, -0.1) is 0 Å². The Bertz CT molecular complexity index is 470. The SMILES string of the molecule is O=C(NCc1ccc(O)c(Br)c1)C1(O)CCCCC1. The fourth-order valence-corrected chi connectivity index (χ4v) is 2.80. The smallest absolute Gasteiger partial charge is 0.252 e. The van der Waals surface area contributed by atoms with E-state index in [2.05, 4.69) is 21.2 Å². The molecule has 0 aliphatic heterocycles. The van der Waals surface area contributed by atoms with Gasteiger partial charge in [0.05, 0.1) is 4.47 Å². The van der Waals surface area contributed by atoms with Gasteiger partial charge in [-0.3, -0.25) is 4.79 Å². The molecule has 0 bridgehead atoms.